The van der Waals surface area contributed by atoms with Crippen molar-refractivity contribution in [2.45, 2.75) is 25.5 Å². The van der Waals surface area contributed by atoms with Gasteiger partial charge < -0.3 is 4.74 Å². The van der Waals surface area contributed by atoms with E-state index in [1.807, 2.05) is 12.1 Å². The summed E-state index contributed by atoms with van der Waals surface area (Å²) in [5, 5.41) is 0. The molecule has 84 valence electrons. The second-order valence-electron chi connectivity index (χ2n) is 4.50. The molecule has 0 aliphatic carbocycles. The average molecular weight is 215 g/mol. The SMILES string of the molecule is C1=CC(N2CCCCC2)Oc2ccccc21. The number of fused-ring (bicyclic) bond motifs is 1. The van der Waals surface area contributed by atoms with Crippen molar-refractivity contribution in [3.8, 4) is 5.75 Å². The van der Waals surface area contributed by atoms with Gasteiger partial charge in [-0.2, -0.15) is 0 Å². The molecule has 2 nitrogen and oxygen atoms in total. The van der Waals surface area contributed by atoms with Crippen molar-refractivity contribution >= 4 is 6.08 Å². The van der Waals surface area contributed by atoms with E-state index in [9.17, 15) is 0 Å². The summed E-state index contributed by atoms with van der Waals surface area (Å²) in [6.07, 6.45) is 8.47. The van der Waals surface area contributed by atoms with Crippen molar-refractivity contribution in [1.29, 1.82) is 0 Å². The van der Waals surface area contributed by atoms with Crippen LogP contribution in [0.5, 0.6) is 5.75 Å². The van der Waals surface area contributed by atoms with Gasteiger partial charge in [-0.25, -0.2) is 0 Å². The van der Waals surface area contributed by atoms with Crippen LogP contribution in [0.15, 0.2) is 30.3 Å². The molecule has 1 aromatic carbocycles. The molecule has 0 aromatic heterocycles. The van der Waals surface area contributed by atoms with Gasteiger partial charge in [0.2, 0.25) is 0 Å². The number of likely N-dealkylation sites (tertiary alicyclic amines) is 1. The smallest absolute Gasteiger partial charge is 0.172 e. The predicted octanol–water partition coefficient (Wildman–Crippen LogP) is 2.90. The van der Waals surface area contributed by atoms with Gasteiger partial charge in [0.15, 0.2) is 6.23 Å². The van der Waals surface area contributed by atoms with Gasteiger partial charge in [-0.3, -0.25) is 4.90 Å². The van der Waals surface area contributed by atoms with Crippen LogP contribution in [-0.4, -0.2) is 24.2 Å². The fraction of sp³-hybridized carbons (Fsp3) is 0.429. The van der Waals surface area contributed by atoms with Gasteiger partial charge in [0, 0.05) is 18.7 Å². The van der Waals surface area contributed by atoms with Crippen LogP contribution < -0.4 is 4.74 Å². The van der Waals surface area contributed by atoms with E-state index in [4.69, 9.17) is 4.74 Å². The molecular formula is C14H17NO. The van der Waals surface area contributed by atoms with Crippen LogP contribution in [0.2, 0.25) is 0 Å². The second-order valence-corrected chi connectivity index (χ2v) is 4.50. The van der Waals surface area contributed by atoms with Crippen LogP contribution in [0.4, 0.5) is 0 Å². The highest BCUT2D eigenvalue weighted by Gasteiger charge is 2.22. The van der Waals surface area contributed by atoms with Gasteiger partial charge in [0.25, 0.3) is 0 Å². The van der Waals surface area contributed by atoms with Gasteiger partial charge in [-0.15, -0.1) is 0 Å². The maximum Gasteiger partial charge on any atom is 0.172 e. The van der Waals surface area contributed by atoms with E-state index in [0.717, 1.165) is 18.8 Å². The van der Waals surface area contributed by atoms with E-state index in [0.29, 0.717) is 0 Å². The topological polar surface area (TPSA) is 12.5 Å². The molecule has 0 bridgehead atoms. The van der Waals surface area contributed by atoms with E-state index >= 15 is 0 Å². The van der Waals surface area contributed by atoms with E-state index in [2.05, 4.69) is 29.2 Å². The first-order valence-electron chi connectivity index (χ1n) is 6.11. The molecule has 2 aliphatic rings. The summed E-state index contributed by atoms with van der Waals surface area (Å²) >= 11 is 0. The fourth-order valence-electron chi connectivity index (χ4n) is 2.45. The third-order valence-electron chi connectivity index (χ3n) is 3.36. The summed E-state index contributed by atoms with van der Waals surface area (Å²) in [4.78, 5) is 2.43. The van der Waals surface area contributed by atoms with Crippen molar-refractivity contribution in [2.24, 2.45) is 0 Å². The first-order chi connectivity index (χ1) is 7.93. The van der Waals surface area contributed by atoms with Crippen LogP contribution in [0, 0.1) is 0 Å². The average Bonchev–Trinajstić information content (AvgIpc) is 2.39. The van der Waals surface area contributed by atoms with Crippen LogP contribution in [0.1, 0.15) is 24.8 Å². The molecule has 3 rings (SSSR count). The number of para-hydroxylation sites is 1. The minimum atomic E-state index is 0.148. The lowest BCUT2D eigenvalue weighted by Crippen LogP contribution is -2.42. The second kappa shape index (κ2) is 4.30. The molecule has 2 heteroatoms. The van der Waals surface area contributed by atoms with Crippen LogP contribution in [0.25, 0.3) is 6.08 Å². The Bertz CT molecular complexity index is 393. The highest BCUT2D eigenvalue weighted by atomic mass is 16.5. The highest BCUT2D eigenvalue weighted by Crippen LogP contribution is 2.27. The van der Waals surface area contributed by atoms with E-state index in [1.165, 1.54) is 24.8 Å². The summed E-state index contributed by atoms with van der Waals surface area (Å²) in [7, 11) is 0. The number of nitrogens with zero attached hydrogens (tertiary/aromatic N) is 1. The summed E-state index contributed by atoms with van der Waals surface area (Å²) in [5.41, 5.74) is 1.19. The largest absolute Gasteiger partial charge is 0.471 e. The lowest BCUT2D eigenvalue weighted by molar-refractivity contribution is 0.0458. The first-order valence-corrected chi connectivity index (χ1v) is 6.11. The minimum Gasteiger partial charge on any atom is -0.471 e. The summed E-state index contributed by atoms with van der Waals surface area (Å²) < 4.78 is 6.01. The molecule has 0 spiro atoms. The van der Waals surface area contributed by atoms with Crippen LogP contribution in [0.3, 0.4) is 0 Å². The molecule has 1 atom stereocenters. The number of ether oxygens (including phenoxy) is 1. The number of hydrogen-bond donors (Lipinski definition) is 0. The number of rotatable bonds is 1. The monoisotopic (exact) mass is 215 g/mol. The predicted molar refractivity (Wildman–Crippen MR) is 65.3 cm³/mol. The Labute approximate surface area is 96.5 Å². The maximum atomic E-state index is 6.01. The van der Waals surface area contributed by atoms with Gasteiger partial charge in [-0.05, 0) is 25.0 Å². The molecule has 0 N–H and O–H groups in total. The Kier molecular flexibility index (Phi) is 2.66. The van der Waals surface area contributed by atoms with Gasteiger partial charge in [-0.1, -0.05) is 30.7 Å². The molecule has 0 amide bonds. The van der Waals surface area contributed by atoms with E-state index in [-0.39, 0.29) is 6.23 Å². The zero-order valence-corrected chi connectivity index (χ0v) is 9.43. The molecule has 1 aromatic rings. The van der Waals surface area contributed by atoms with E-state index < -0.39 is 0 Å². The molecule has 1 unspecified atom stereocenters. The van der Waals surface area contributed by atoms with Gasteiger partial charge >= 0.3 is 0 Å². The van der Waals surface area contributed by atoms with Crippen molar-refractivity contribution in [3.05, 3.63) is 35.9 Å². The Morgan fingerprint density at radius 1 is 1.06 bits per heavy atom. The van der Waals surface area contributed by atoms with E-state index in [1.54, 1.807) is 0 Å². The highest BCUT2D eigenvalue weighted by molar-refractivity contribution is 5.59. The zero-order valence-electron chi connectivity index (χ0n) is 9.43. The molecular weight excluding hydrogens is 198 g/mol. The molecule has 2 aliphatic heterocycles. The Hall–Kier alpha value is -1.28. The fourth-order valence-corrected chi connectivity index (χ4v) is 2.45. The van der Waals surface area contributed by atoms with Gasteiger partial charge in [0.1, 0.15) is 5.75 Å². The summed E-state index contributed by atoms with van der Waals surface area (Å²) in [6.45, 7) is 2.33. The van der Waals surface area contributed by atoms with Crippen LogP contribution in [-0.2, 0) is 0 Å². The molecule has 1 fully saturated rings. The lowest BCUT2D eigenvalue weighted by Gasteiger charge is -2.34. The molecule has 0 radical (unpaired) electrons. The van der Waals surface area contributed by atoms with Crippen molar-refractivity contribution in [1.82, 2.24) is 4.90 Å². The normalized spacial score (nSPS) is 24.9. The number of benzene rings is 1. The third kappa shape index (κ3) is 1.85. The third-order valence-corrected chi connectivity index (χ3v) is 3.36. The van der Waals surface area contributed by atoms with Gasteiger partial charge in [0.05, 0.1) is 0 Å². The molecule has 16 heavy (non-hydrogen) atoms. The first kappa shape index (κ1) is 9.91. The van der Waals surface area contributed by atoms with Crippen LogP contribution >= 0.6 is 0 Å². The Morgan fingerprint density at radius 3 is 2.75 bits per heavy atom. The molecule has 1 saturated heterocycles. The lowest BCUT2D eigenvalue weighted by atomic mass is 10.1. The Balaban J connectivity index is 1.77. The van der Waals surface area contributed by atoms with Crippen molar-refractivity contribution in [3.63, 3.8) is 0 Å². The summed E-state index contributed by atoms with van der Waals surface area (Å²) in [6, 6.07) is 8.23. The Morgan fingerprint density at radius 2 is 1.88 bits per heavy atom. The number of hydrogen-bond acceptors (Lipinski definition) is 2. The standard InChI is InChI=1S/C14H17NO/c1-4-10-15(11-5-1)14-9-8-12-6-2-3-7-13(12)16-14/h2-3,6-9,14H,1,4-5,10-11H2. The minimum absolute atomic E-state index is 0.148. The van der Waals surface area contributed by atoms with Crippen molar-refractivity contribution < 1.29 is 4.74 Å². The summed E-state index contributed by atoms with van der Waals surface area (Å²) in [5.74, 6) is 1.01. The quantitative estimate of drug-likeness (QED) is 0.714. The zero-order chi connectivity index (χ0) is 10.8. The number of piperidine rings is 1. The molecule has 2 heterocycles. The van der Waals surface area contributed by atoms with Crippen molar-refractivity contribution in [2.75, 3.05) is 13.1 Å². The maximum absolute atomic E-state index is 6.01. The molecule has 0 saturated carbocycles.